The first kappa shape index (κ1) is 6.71. The fraction of sp³-hybridized carbons (Fsp3) is 0.700. The summed E-state index contributed by atoms with van der Waals surface area (Å²) in [6.45, 7) is 5.09. The number of hydrogen-bond donors (Lipinski definition) is 1. The number of aromatic nitrogens is 2. The van der Waals surface area contributed by atoms with Crippen molar-refractivity contribution < 1.29 is 14.8 Å². The Kier molecular flexibility index (Phi) is 1.38. The number of imidazole rings is 1. The van der Waals surface area contributed by atoms with Crippen LogP contribution in [0, 0.1) is 6.85 Å². The van der Waals surface area contributed by atoms with Gasteiger partial charge in [0.1, 0.15) is 1.37 Å². The Morgan fingerprint density at radius 3 is 2.53 bits per heavy atom. The van der Waals surface area contributed by atoms with E-state index >= 15 is 0 Å². The molecule has 1 aliphatic rings. The molecule has 0 aliphatic carbocycles. The Balaban J connectivity index is 2.40. The van der Waals surface area contributed by atoms with Gasteiger partial charge in [0, 0.05) is 4.11 Å². The average molecular weight is 212 g/mol. The minimum absolute atomic E-state index is 0.170. The summed E-state index contributed by atoms with van der Waals surface area (Å²) in [6.07, 6.45) is -0.212. The van der Waals surface area contributed by atoms with Crippen LogP contribution in [0.25, 0.3) is 0 Å². The zero-order valence-corrected chi connectivity index (χ0v) is 9.34. The van der Waals surface area contributed by atoms with Gasteiger partial charge in [0.25, 0.3) is 0 Å². The maximum atomic E-state index is 7.47. The molecule has 1 N–H and O–H groups in total. The van der Waals surface area contributed by atoms with Gasteiger partial charge in [-0.1, -0.05) is 0 Å². The van der Waals surface area contributed by atoms with Crippen LogP contribution in [0.15, 0.2) is 6.30 Å². The van der Waals surface area contributed by atoms with Gasteiger partial charge >= 0.3 is 7.12 Å². The molecule has 5 heteroatoms. The zero-order chi connectivity index (χ0) is 14.6. The highest BCUT2D eigenvalue weighted by Crippen LogP contribution is 2.36. The molecule has 1 saturated heterocycles. The SMILES string of the molecule is [2H]c1nc(C([2H])([2H])[2H])c(B2OC(C)(C)C(C)(C)O2)[nH]1. The molecule has 2 heterocycles. The molecule has 0 spiro atoms. The molecule has 15 heavy (non-hydrogen) atoms. The van der Waals surface area contributed by atoms with Crippen molar-refractivity contribution in [3.8, 4) is 0 Å². The number of rotatable bonds is 1. The highest BCUT2D eigenvalue weighted by atomic mass is 16.7. The first-order valence-electron chi connectivity index (χ1n) is 6.87. The van der Waals surface area contributed by atoms with E-state index in [-0.39, 0.29) is 17.6 Å². The summed E-state index contributed by atoms with van der Waals surface area (Å²) < 4.78 is 41.4. The predicted molar refractivity (Wildman–Crippen MR) is 59.0 cm³/mol. The van der Waals surface area contributed by atoms with Gasteiger partial charge in [-0.2, -0.15) is 0 Å². The number of hydrogen-bond acceptors (Lipinski definition) is 3. The molecule has 0 unspecified atom stereocenters. The fourth-order valence-corrected chi connectivity index (χ4v) is 1.39. The molecule has 1 aromatic rings. The third-order valence-corrected chi connectivity index (χ3v) is 3.10. The van der Waals surface area contributed by atoms with E-state index in [2.05, 4.69) is 9.97 Å². The summed E-state index contributed by atoms with van der Waals surface area (Å²) >= 11 is 0. The van der Waals surface area contributed by atoms with Gasteiger partial charge in [0.2, 0.25) is 0 Å². The van der Waals surface area contributed by atoms with Gasteiger partial charge in [-0.3, -0.25) is 0 Å². The van der Waals surface area contributed by atoms with E-state index in [0.29, 0.717) is 0 Å². The van der Waals surface area contributed by atoms with Crippen molar-refractivity contribution in [3.63, 3.8) is 0 Å². The lowest BCUT2D eigenvalue weighted by molar-refractivity contribution is 0.00578. The standard InChI is InChI=1S/C10H17BN2O2/c1-7-8(13-6-12-7)11-14-9(2,3)10(4,5)15-11/h6H,1-5H3,(H,12,13)/i1D3,6D. The van der Waals surface area contributed by atoms with E-state index in [9.17, 15) is 0 Å². The second-order valence-electron chi connectivity index (χ2n) is 4.70. The summed E-state index contributed by atoms with van der Waals surface area (Å²) in [7, 11) is -0.855. The lowest BCUT2D eigenvalue weighted by Gasteiger charge is -2.32. The van der Waals surface area contributed by atoms with Gasteiger partial charge in [0.15, 0.2) is 0 Å². The van der Waals surface area contributed by atoms with E-state index in [1.165, 1.54) is 0 Å². The Labute approximate surface area is 96.1 Å². The van der Waals surface area contributed by atoms with Gasteiger partial charge in [-0.15, -0.1) is 0 Å². The molecule has 0 saturated carbocycles. The molecule has 0 amide bonds. The molecular formula is C10H17BN2O2. The van der Waals surface area contributed by atoms with Crippen LogP contribution in [0.5, 0.6) is 0 Å². The van der Waals surface area contributed by atoms with Crippen LogP contribution < -0.4 is 5.59 Å². The van der Waals surface area contributed by atoms with E-state index in [4.69, 9.17) is 14.8 Å². The van der Waals surface area contributed by atoms with Crippen LogP contribution in [0.3, 0.4) is 0 Å². The molecular weight excluding hydrogens is 191 g/mol. The van der Waals surface area contributed by atoms with Gasteiger partial charge < -0.3 is 14.3 Å². The number of nitrogens with zero attached hydrogens (tertiary/aromatic N) is 1. The number of H-pyrrole nitrogens is 1. The molecule has 1 aliphatic heterocycles. The van der Waals surface area contributed by atoms with Crippen molar-refractivity contribution in [1.82, 2.24) is 9.97 Å². The van der Waals surface area contributed by atoms with Crippen LogP contribution in [0.1, 0.15) is 38.9 Å². The van der Waals surface area contributed by atoms with Gasteiger partial charge in [-0.25, -0.2) is 4.98 Å². The van der Waals surface area contributed by atoms with Crippen LogP contribution in [-0.2, 0) is 9.31 Å². The maximum Gasteiger partial charge on any atom is 0.514 e. The Morgan fingerprint density at radius 2 is 2.00 bits per heavy atom. The summed E-state index contributed by atoms with van der Waals surface area (Å²) in [5.74, 6) is 0. The largest absolute Gasteiger partial charge is 0.514 e. The molecule has 0 atom stereocenters. The predicted octanol–water partition coefficient (Wildman–Crippen LogP) is 1.02. The summed E-state index contributed by atoms with van der Waals surface area (Å²) in [4.78, 5) is 6.32. The van der Waals surface area contributed by atoms with Crippen molar-refractivity contribution in [1.29, 1.82) is 0 Å². The van der Waals surface area contributed by atoms with Gasteiger partial charge in [-0.05, 0) is 34.5 Å². The second-order valence-corrected chi connectivity index (χ2v) is 4.70. The van der Waals surface area contributed by atoms with Crippen molar-refractivity contribution in [2.75, 3.05) is 0 Å². The lowest BCUT2D eigenvalue weighted by atomic mass is 9.83. The van der Waals surface area contributed by atoms with Crippen molar-refractivity contribution >= 4 is 12.7 Å². The number of aryl methyl sites for hydroxylation is 1. The quantitative estimate of drug-likeness (QED) is 0.707. The Bertz CT molecular complexity index is 482. The molecule has 2 rings (SSSR count). The van der Waals surface area contributed by atoms with Crippen LogP contribution in [-0.4, -0.2) is 28.3 Å². The minimum atomic E-state index is -2.41. The smallest absolute Gasteiger partial charge is 0.398 e. The summed E-state index contributed by atoms with van der Waals surface area (Å²) in [6, 6.07) is 0. The van der Waals surface area contributed by atoms with E-state index < -0.39 is 25.2 Å². The summed E-state index contributed by atoms with van der Waals surface area (Å²) in [5.41, 5.74) is -1.12. The average Bonchev–Trinajstić information content (AvgIpc) is 2.65. The monoisotopic (exact) mass is 212 g/mol. The van der Waals surface area contributed by atoms with Crippen LogP contribution >= 0.6 is 0 Å². The highest BCUT2D eigenvalue weighted by Gasteiger charge is 2.52. The van der Waals surface area contributed by atoms with Crippen molar-refractivity contribution in [2.45, 2.75) is 45.7 Å². The topological polar surface area (TPSA) is 47.1 Å². The van der Waals surface area contributed by atoms with Gasteiger partial charge in [0.05, 0.1) is 28.8 Å². The molecule has 1 fully saturated rings. The van der Waals surface area contributed by atoms with Crippen LogP contribution in [0.2, 0.25) is 0 Å². The first-order chi connectivity index (χ1) is 8.44. The normalized spacial score (nSPS) is 28.1. The third-order valence-electron chi connectivity index (χ3n) is 3.10. The summed E-state index contributed by atoms with van der Waals surface area (Å²) in [5, 5.41) is 0. The van der Waals surface area contributed by atoms with E-state index in [0.717, 1.165) is 0 Å². The molecule has 0 bridgehead atoms. The molecule has 0 radical (unpaired) electrons. The molecule has 82 valence electrons. The van der Waals surface area contributed by atoms with Crippen molar-refractivity contribution in [3.05, 3.63) is 12.0 Å². The lowest BCUT2D eigenvalue weighted by Crippen LogP contribution is -2.41. The minimum Gasteiger partial charge on any atom is -0.398 e. The Hall–Kier alpha value is -0.805. The second kappa shape index (κ2) is 3.09. The molecule has 4 nitrogen and oxygen atoms in total. The fourth-order valence-electron chi connectivity index (χ4n) is 1.39. The van der Waals surface area contributed by atoms with Crippen LogP contribution in [0.4, 0.5) is 0 Å². The zero-order valence-electron chi connectivity index (χ0n) is 13.3. The first-order valence-corrected chi connectivity index (χ1v) is 4.87. The molecule has 1 aromatic heterocycles. The Morgan fingerprint density at radius 1 is 1.40 bits per heavy atom. The maximum absolute atomic E-state index is 7.47. The van der Waals surface area contributed by atoms with E-state index in [1.807, 2.05) is 27.7 Å². The number of aromatic amines is 1. The number of nitrogens with one attached hydrogen (secondary N) is 1. The van der Waals surface area contributed by atoms with E-state index in [1.54, 1.807) is 0 Å². The highest BCUT2D eigenvalue weighted by molar-refractivity contribution is 6.61. The van der Waals surface area contributed by atoms with Crippen molar-refractivity contribution in [2.24, 2.45) is 0 Å². The third kappa shape index (κ3) is 1.60. The molecule has 0 aromatic carbocycles.